The van der Waals surface area contributed by atoms with Crippen LogP contribution in [0.2, 0.25) is 0 Å². The summed E-state index contributed by atoms with van der Waals surface area (Å²) in [5.74, 6) is 1.52. The number of fused-ring (bicyclic) bond motifs is 6. The summed E-state index contributed by atoms with van der Waals surface area (Å²) in [4.78, 5) is 11.4. The molecule has 0 amide bonds. The lowest BCUT2D eigenvalue weighted by Gasteiger charge is -2.57. The van der Waals surface area contributed by atoms with E-state index >= 15 is 0 Å². The van der Waals surface area contributed by atoms with Crippen LogP contribution in [-0.4, -0.2) is 31.1 Å². The predicted molar refractivity (Wildman–Crippen MR) is 102 cm³/mol. The third kappa shape index (κ3) is 2.38. The summed E-state index contributed by atoms with van der Waals surface area (Å²) >= 11 is 0. The Morgan fingerprint density at radius 3 is 2.63 bits per heavy atom. The van der Waals surface area contributed by atoms with Crippen LogP contribution in [0.25, 0.3) is 0 Å². The summed E-state index contributed by atoms with van der Waals surface area (Å²) in [5.41, 5.74) is 1.72. The van der Waals surface area contributed by atoms with E-state index in [1.807, 2.05) is 0 Å². The van der Waals surface area contributed by atoms with Gasteiger partial charge in [-0.05, 0) is 49.5 Å². The lowest BCUT2D eigenvalue weighted by atomic mass is 9.49. The molecule has 4 aliphatic carbocycles. The molecular formula is C23H32O4. The van der Waals surface area contributed by atoms with Crippen molar-refractivity contribution in [3.05, 3.63) is 23.8 Å². The van der Waals surface area contributed by atoms with Crippen molar-refractivity contribution in [2.75, 3.05) is 13.2 Å². The molecule has 0 aromatic rings. The van der Waals surface area contributed by atoms with Crippen molar-refractivity contribution in [3.8, 4) is 0 Å². The van der Waals surface area contributed by atoms with Crippen molar-refractivity contribution in [1.82, 2.24) is 0 Å². The van der Waals surface area contributed by atoms with Gasteiger partial charge in [-0.2, -0.15) is 0 Å². The molecule has 3 fully saturated rings. The molecule has 1 aliphatic heterocycles. The van der Waals surface area contributed by atoms with E-state index in [0.717, 1.165) is 32.5 Å². The fourth-order valence-electron chi connectivity index (χ4n) is 7.40. The van der Waals surface area contributed by atoms with Gasteiger partial charge >= 0.3 is 5.97 Å². The number of hydrogen-bond donors (Lipinski definition) is 0. The van der Waals surface area contributed by atoms with Crippen molar-refractivity contribution in [3.63, 3.8) is 0 Å². The zero-order valence-electron chi connectivity index (χ0n) is 16.8. The van der Waals surface area contributed by atoms with E-state index in [1.54, 1.807) is 0 Å². The largest absolute Gasteiger partial charge is 0.458 e. The predicted octanol–water partition coefficient (Wildman–Crippen LogP) is 4.40. The van der Waals surface area contributed by atoms with Crippen LogP contribution in [0.5, 0.6) is 0 Å². The number of hydrogen-bond acceptors (Lipinski definition) is 4. The van der Waals surface area contributed by atoms with Gasteiger partial charge < -0.3 is 14.2 Å². The van der Waals surface area contributed by atoms with Crippen molar-refractivity contribution < 1.29 is 19.0 Å². The highest BCUT2D eigenvalue weighted by Gasteiger charge is 2.66. The number of allylic oxidation sites excluding steroid dienone is 2. The highest BCUT2D eigenvalue weighted by Crippen LogP contribution is 2.68. The van der Waals surface area contributed by atoms with Gasteiger partial charge in [0.05, 0.1) is 13.2 Å². The molecule has 0 N–H and O–H groups in total. The van der Waals surface area contributed by atoms with Crippen LogP contribution in [0.4, 0.5) is 0 Å². The summed E-state index contributed by atoms with van der Waals surface area (Å²) in [6, 6.07) is 0. The summed E-state index contributed by atoms with van der Waals surface area (Å²) in [6.07, 6.45) is 13.5. The number of carbonyl (C=O) groups is 1. The van der Waals surface area contributed by atoms with Gasteiger partial charge in [0.1, 0.15) is 6.10 Å². The Balaban J connectivity index is 1.44. The van der Waals surface area contributed by atoms with E-state index in [1.165, 1.54) is 31.8 Å². The normalized spacial score (nSPS) is 47.1. The average molecular weight is 373 g/mol. The fraction of sp³-hybridized carbons (Fsp3) is 0.783. The quantitative estimate of drug-likeness (QED) is 0.505. The molecule has 6 atom stereocenters. The smallest absolute Gasteiger partial charge is 0.303 e. The maximum atomic E-state index is 11.4. The molecule has 1 heterocycles. The number of rotatable bonds is 1. The first-order valence-electron chi connectivity index (χ1n) is 10.7. The van der Waals surface area contributed by atoms with Gasteiger partial charge in [0, 0.05) is 30.6 Å². The molecule has 0 radical (unpaired) electrons. The van der Waals surface area contributed by atoms with Gasteiger partial charge in [-0.15, -0.1) is 0 Å². The van der Waals surface area contributed by atoms with Crippen molar-refractivity contribution in [1.29, 1.82) is 0 Å². The first-order chi connectivity index (χ1) is 12.9. The SMILES string of the molecule is CC(=O)O[C@H]1C=CC2(C)C(=CC[C@@H]3[C@@H]2CC[C@@]2(C)[C@H]3CCC23OCCO3)C1. The van der Waals surface area contributed by atoms with E-state index in [2.05, 4.69) is 32.1 Å². The second kappa shape index (κ2) is 5.93. The van der Waals surface area contributed by atoms with Crippen molar-refractivity contribution >= 4 is 5.97 Å². The molecule has 148 valence electrons. The Morgan fingerprint density at radius 2 is 1.89 bits per heavy atom. The molecule has 5 rings (SSSR count). The fourth-order valence-corrected chi connectivity index (χ4v) is 7.40. The van der Waals surface area contributed by atoms with Gasteiger partial charge in [0.25, 0.3) is 0 Å². The van der Waals surface area contributed by atoms with Gasteiger partial charge in [-0.25, -0.2) is 0 Å². The van der Waals surface area contributed by atoms with Crippen LogP contribution in [0, 0.1) is 28.6 Å². The van der Waals surface area contributed by atoms with Gasteiger partial charge in [0.15, 0.2) is 5.79 Å². The van der Waals surface area contributed by atoms with Crippen LogP contribution >= 0.6 is 0 Å². The van der Waals surface area contributed by atoms with E-state index < -0.39 is 0 Å². The molecular weight excluding hydrogens is 340 g/mol. The monoisotopic (exact) mass is 372 g/mol. The molecule has 4 heteroatoms. The molecule has 4 nitrogen and oxygen atoms in total. The topological polar surface area (TPSA) is 44.8 Å². The van der Waals surface area contributed by atoms with E-state index in [9.17, 15) is 4.79 Å². The van der Waals surface area contributed by atoms with E-state index in [0.29, 0.717) is 17.8 Å². The summed E-state index contributed by atoms with van der Waals surface area (Å²) < 4.78 is 17.9. The maximum Gasteiger partial charge on any atom is 0.303 e. The van der Waals surface area contributed by atoms with Gasteiger partial charge in [-0.3, -0.25) is 4.79 Å². The minimum atomic E-state index is -0.323. The Hall–Kier alpha value is -1.13. The third-order valence-corrected chi connectivity index (χ3v) is 8.73. The Bertz CT molecular complexity index is 703. The van der Waals surface area contributed by atoms with E-state index in [-0.39, 0.29) is 28.7 Å². The number of esters is 1. The molecule has 1 spiro atoms. The average Bonchev–Trinajstić information content (AvgIpc) is 3.21. The first-order valence-corrected chi connectivity index (χ1v) is 10.7. The summed E-state index contributed by atoms with van der Waals surface area (Å²) in [5, 5.41) is 0. The van der Waals surface area contributed by atoms with Crippen LogP contribution in [-0.2, 0) is 19.0 Å². The van der Waals surface area contributed by atoms with Crippen LogP contribution in [0.3, 0.4) is 0 Å². The highest BCUT2D eigenvalue weighted by atomic mass is 16.7. The lowest BCUT2D eigenvalue weighted by molar-refractivity contribution is -0.241. The first kappa shape index (κ1) is 17.9. The number of ether oxygens (including phenoxy) is 3. The second-order valence-corrected chi connectivity index (χ2v) is 9.78. The summed E-state index contributed by atoms with van der Waals surface area (Å²) in [6.45, 7) is 7.84. The highest BCUT2D eigenvalue weighted by molar-refractivity contribution is 5.66. The molecule has 1 unspecified atom stereocenters. The zero-order chi connectivity index (χ0) is 18.9. The minimum absolute atomic E-state index is 0.0951. The molecule has 2 saturated carbocycles. The van der Waals surface area contributed by atoms with Crippen molar-refractivity contribution in [2.24, 2.45) is 28.6 Å². The maximum absolute atomic E-state index is 11.4. The van der Waals surface area contributed by atoms with Crippen LogP contribution in [0.15, 0.2) is 23.8 Å². The van der Waals surface area contributed by atoms with Gasteiger partial charge in [-0.1, -0.05) is 31.6 Å². The third-order valence-electron chi connectivity index (χ3n) is 8.73. The lowest BCUT2D eigenvalue weighted by Crippen LogP contribution is -2.54. The Labute approximate surface area is 162 Å². The molecule has 0 aromatic heterocycles. The van der Waals surface area contributed by atoms with Crippen LogP contribution in [0.1, 0.15) is 59.3 Å². The standard InChI is InChI=1S/C23H32O4/c1-15(24)27-17-6-9-21(2)16(14-17)4-5-18-19(21)7-10-22(3)20(18)8-11-23(22)25-12-13-26-23/h4,6,9,17-20H,5,7-8,10-14H2,1-3H3/t17-,18+,19-,20-,21?,22-/m0/s1. The van der Waals surface area contributed by atoms with Gasteiger partial charge in [0.2, 0.25) is 0 Å². The second-order valence-electron chi connectivity index (χ2n) is 9.78. The molecule has 0 bridgehead atoms. The molecule has 5 aliphatic rings. The van der Waals surface area contributed by atoms with E-state index in [4.69, 9.17) is 14.2 Å². The Morgan fingerprint density at radius 1 is 1.15 bits per heavy atom. The molecule has 1 saturated heterocycles. The minimum Gasteiger partial charge on any atom is -0.458 e. The number of carbonyl (C=O) groups excluding carboxylic acids is 1. The van der Waals surface area contributed by atoms with Crippen molar-refractivity contribution in [2.45, 2.75) is 71.2 Å². The molecule has 27 heavy (non-hydrogen) atoms. The zero-order valence-corrected chi connectivity index (χ0v) is 16.8. The van der Waals surface area contributed by atoms with Crippen LogP contribution < -0.4 is 0 Å². The molecule has 0 aromatic carbocycles. The summed E-state index contributed by atoms with van der Waals surface area (Å²) in [7, 11) is 0. The Kier molecular flexibility index (Phi) is 3.94.